The van der Waals surface area contributed by atoms with Crippen LogP contribution in [0.25, 0.3) is 0 Å². The summed E-state index contributed by atoms with van der Waals surface area (Å²) >= 11 is 3.35. The van der Waals surface area contributed by atoms with Crippen LogP contribution < -0.4 is 30.3 Å². The van der Waals surface area contributed by atoms with E-state index in [1.54, 1.807) is 50.2 Å². The van der Waals surface area contributed by atoms with Crippen LogP contribution in [0.15, 0.2) is 57.2 Å². The van der Waals surface area contributed by atoms with Crippen molar-refractivity contribution in [2.24, 2.45) is 5.10 Å². The van der Waals surface area contributed by atoms with E-state index in [0.29, 0.717) is 27.0 Å². The minimum absolute atomic E-state index is 0.176. The molecular formula is C27H29BrN4O9. The van der Waals surface area contributed by atoms with Gasteiger partial charge in [0.1, 0.15) is 5.75 Å². The molecular weight excluding hydrogens is 604 g/mol. The van der Waals surface area contributed by atoms with Gasteiger partial charge in [0.15, 0.2) is 24.7 Å². The van der Waals surface area contributed by atoms with E-state index in [1.807, 2.05) is 0 Å². The predicted octanol–water partition coefficient (Wildman–Crippen LogP) is 2.73. The zero-order chi connectivity index (χ0) is 29.9. The Balaban J connectivity index is 1.61. The smallest absolute Gasteiger partial charge is 0.343 e. The molecule has 0 unspecified atom stereocenters. The fourth-order valence-electron chi connectivity index (χ4n) is 3.67. The maximum atomic E-state index is 12.6. The number of methoxy groups -OCH3 is 2. The van der Waals surface area contributed by atoms with Crippen molar-refractivity contribution < 1.29 is 42.9 Å². The number of urea groups is 1. The molecule has 1 aliphatic heterocycles. The summed E-state index contributed by atoms with van der Waals surface area (Å²) in [6, 6.07) is 8.59. The summed E-state index contributed by atoms with van der Waals surface area (Å²) in [6.07, 6.45) is 1.42. The van der Waals surface area contributed by atoms with Gasteiger partial charge in [-0.15, -0.1) is 0 Å². The number of nitrogens with zero attached hydrogens (tertiary/aromatic N) is 1. The zero-order valence-corrected chi connectivity index (χ0v) is 24.3. The number of esters is 2. The summed E-state index contributed by atoms with van der Waals surface area (Å²) in [7, 11) is 2.70. The third-order valence-electron chi connectivity index (χ3n) is 5.58. The highest BCUT2D eigenvalue weighted by Gasteiger charge is 2.32. The zero-order valence-electron chi connectivity index (χ0n) is 22.7. The van der Waals surface area contributed by atoms with Crippen molar-refractivity contribution in [3.63, 3.8) is 0 Å². The van der Waals surface area contributed by atoms with Gasteiger partial charge >= 0.3 is 18.0 Å². The molecule has 218 valence electrons. The van der Waals surface area contributed by atoms with E-state index in [2.05, 4.69) is 41.8 Å². The molecule has 1 heterocycles. The van der Waals surface area contributed by atoms with Gasteiger partial charge < -0.3 is 34.3 Å². The Kier molecular flexibility index (Phi) is 11.1. The van der Waals surface area contributed by atoms with Gasteiger partial charge in [-0.1, -0.05) is 6.07 Å². The number of carbonyl (C=O) groups excluding carboxylic acids is 4. The second-order valence-electron chi connectivity index (χ2n) is 8.34. The minimum Gasteiger partial charge on any atom is -0.493 e. The lowest BCUT2D eigenvalue weighted by atomic mass is 9.95. The Hall–Kier alpha value is -4.59. The first kappa shape index (κ1) is 30.9. The van der Waals surface area contributed by atoms with Crippen molar-refractivity contribution in [1.29, 1.82) is 0 Å². The van der Waals surface area contributed by atoms with Crippen molar-refractivity contribution in [1.82, 2.24) is 16.1 Å². The summed E-state index contributed by atoms with van der Waals surface area (Å²) in [5.41, 5.74) is 4.21. The quantitative estimate of drug-likeness (QED) is 0.181. The summed E-state index contributed by atoms with van der Waals surface area (Å²) in [5, 5.41) is 9.21. The van der Waals surface area contributed by atoms with Gasteiger partial charge in [-0.25, -0.2) is 19.8 Å². The Bertz CT molecular complexity index is 1380. The van der Waals surface area contributed by atoms with E-state index >= 15 is 0 Å². The molecule has 3 rings (SSSR count). The van der Waals surface area contributed by atoms with Gasteiger partial charge in [0, 0.05) is 5.70 Å². The van der Waals surface area contributed by atoms with Crippen LogP contribution in [0.2, 0.25) is 0 Å². The predicted molar refractivity (Wildman–Crippen MR) is 150 cm³/mol. The second-order valence-corrected chi connectivity index (χ2v) is 9.19. The van der Waals surface area contributed by atoms with E-state index in [-0.39, 0.29) is 36.9 Å². The van der Waals surface area contributed by atoms with E-state index in [0.717, 1.165) is 0 Å². The highest BCUT2D eigenvalue weighted by Crippen LogP contribution is 2.34. The normalized spacial score (nSPS) is 14.6. The molecule has 0 fully saturated rings. The molecule has 3 N–H and O–H groups in total. The lowest BCUT2D eigenvalue weighted by Gasteiger charge is -2.28. The third kappa shape index (κ3) is 8.45. The van der Waals surface area contributed by atoms with E-state index in [9.17, 15) is 19.2 Å². The molecule has 13 nitrogen and oxygen atoms in total. The van der Waals surface area contributed by atoms with Crippen LogP contribution in [-0.2, 0) is 23.9 Å². The summed E-state index contributed by atoms with van der Waals surface area (Å²) in [5.74, 6) is -0.609. The van der Waals surface area contributed by atoms with Crippen LogP contribution >= 0.6 is 15.9 Å². The lowest BCUT2D eigenvalue weighted by molar-refractivity contribution is -0.143. The molecule has 0 saturated carbocycles. The third-order valence-corrected chi connectivity index (χ3v) is 6.20. The van der Waals surface area contributed by atoms with Crippen molar-refractivity contribution in [2.75, 3.05) is 34.0 Å². The topological polar surface area (TPSA) is 163 Å². The molecule has 2 aromatic rings. The molecule has 0 aromatic heterocycles. The Morgan fingerprint density at radius 2 is 1.78 bits per heavy atom. The number of hydrazone groups is 1. The largest absolute Gasteiger partial charge is 0.493 e. The van der Waals surface area contributed by atoms with E-state index in [4.69, 9.17) is 18.9 Å². The van der Waals surface area contributed by atoms with Crippen molar-refractivity contribution in [2.45, 2.75) is 19.9 Å². The van der Waals surface area contributed by atoms with Crippen molar-refractivity contribution >= 4 is 46.0 Å². The van der Waals surface area contributed by atoms with Gasteiger partial charge in [0.25, 0.3) is 5.91 Å². The fourth-order valence-corrected chi connectivity index (χ4v) is 4.18. The first-order valence-electron chi connectivity index (χ1n) is 12.2. The molecule has 2 aromatic carbocycles. The number of rotatable bonds is 12. The number of carbonyl (C=O) groups is 4. The van der Waals surface area contributed by atoms with Crippen molar-refractivity contribution in [3.8, 4) is 17.2 Å². The second kappa shape index (κ2) is 14.7. The summed E-state index contributed by atoms with van der Waals surface area (Å²) in [4.78, 5) is 48.2. The van der Waals surface area contributed by atoms with Crippen LogP contribution in [0.5, 0.6) is 17.2 Å². The van der Waals surface area contributed by atoms with Crippen LogP contribution in [0, 0.1) is 0 Å². The number of nitrogens with one attached hydrogen (secondary N) is 3. The molecule has 0 saturated heterocycles. The van der Waals surface area contributed by atoms with E-state index in [1.165, 1.54) is 20.4 Å². The molecule has 0 aliphatic carbocycles. The highest BCUT2D eigenvalue weighted by atomic mass is 79.9. The van der Waals surface area contributed by atoms with Crippen LogP contribution in [-0.4, -0.2) is 64.1 Å². The van der Waals surface area contributed by atoms with Gasteiger partial charge in [-0.2, -0.15) is 5.10 Å². The number of amides is 3. The Morgan fingerprint density at radius 1 is 1.05 bits per heavy atom. The fraction of sp³-hybridized carbons (Fsp3) is 0.296. The van der Waals surface area contributed by atoms with Crippen molar-refractivity contribution in [3.05, 3.63) is 63.3 Å². The molecule has 1 aliphatic rings. The first-order chi connectivity index (χ1) is 19.7. The Morgan fingerprint density at radius 3 is 2.46 bits per heavy atom. The molecule has 0 radical (unpaired) electrons. The number of allylic oxidation sites excluding steroid dienone is 1. The molecule has 14 heteroatoms. The van der Waals surface area contributed by atoms with Crippen LogP contribution in [0.1, 0.15) is 31.0 Å². The Labute approximate surface area is 244 Å². The average molecular weight is 633 g/mol. The SMILES string of the molecule is CCOC(=O)C1=C(C)NC(=O)N[C@@H]1c1ccc(OCC(=O)N/N=C\c2ccc(OCC(=O)OC)c(Br)c2)c(OC)c1. The van der Waals surface area contributed by atoms with Gasteiger partial charge in [0.05, 0.1) is 43.1 Å². The highest BCUT2D eigenvalue weighted by molar-refractivity contribution is 9.10. The number of halogens is 1. The summed E-state index contributed by atoms with van der Waals surface area (Å²) < 4.78 is 26.6. The monoisotopic (exact) mass is 632 g/mol. The number of benzene rings is 2. The molecule has 1 atom stereocenters. The van der Waals surface area contributed by atoms with Crippen LogP contribution in [0.4, 0.5) is 4.79 Å². The number of ether oxygens (including phenoxy) is 5. The van der Waals surface area contributed by atoms with Gasteiger partial charge in [-0.05, 0) is 71.2 Å². The van der Waals surface area contributed by atoms with Gasteiger partial charge in [-0.3, -0.25) is 4.79 Å². The average Bonchev–Trinajstić information content (AvgIpc) is 2.95. The van der Waals surface area contributed by atoms with Gasteiger partial charge in [0.2, 0.25) is 0 Å². The number of hydrogen-bond acceptors (Lipinski definition) is 10. The standard InChI is InChI=1S/C27H29BrN4O9/c1-5-39-26(35)24-15(2)30-27(36)31-25(24)17-7-9-20(21(11-17)37-3)40-13-22(33)32-29-12-16-6-8-19(18(28)10-16)41-14-23(34)38-4/h6-12,25H,5,13-14H2,1-4H3,(H,32,33)(H2,30,31,36)/b29-12-/t25-/m1/s1. The maximum absolute atomic E-state index is 12.6. The molecule has 0 spiro atoms. The first-order valence-corrected chi connectivity index (χ1v) is 13.0. The number of hydrogen-bond donors (Lipinski definition) is 3. The minimum atomic E-state index is -0.781. The maximum Gasteiger partial charge on any atom is 0.343 e. The molecule has 3 amide bonds. The lowest BCUT2D eigenvalue weighted by Crippen LogP contribution is -2.45. The van der Waals surface area contributed by atoms with Crippen LogP contribution in [0.3, 0.4) is 0 Å². The molecule has 41 heavy (non-hydrogen) atoms. The summed E-state index contributed by atoms with van der Waals surface area (Å²) in [6.45, 7) is 2.89. The van der Waals surface area contributed by atoms with E-state index < -0.39 is 29.9 Å². The molecule has 0 bridgehead atoms.